The Morgan fingerprint density at radius 3 is 2.74 bits per heavy atom. The second-order valence-electron chi connectivity index (χ2n) is 6.39. The lowest BCUT2D eigenvalue weighted by atomic mass is 9.90. The summed E-state index contributed by atoms with van der Waals surface area (Å²) in [5.41, 5.74) is 2.92. The summed E-state index contributed by atoms with van der Waals surface area (Å²) < 4.78 is 8.13. The predicted octanol–water partition coefficient (Wildman–Crippen LogP) is 2.18. The van der Waals surface area contributed by atoms with Gasteiger partial charge in [-0.2, -0.15) is 0 Å². The standard InChI is InChI=1S/C15H25N3O/c1-11(2)14-17-12-10-16-7-4-13(12)18(14)15(3)5-8-19-9-6-15/h11,16H,4-10H2,1-3H3. The van der Waals surface area contributed by atoms with Crippen LogP contribution in [0, 0.1) is 0 Å². The van der Waals surface area contributed by atoms with Crippen molar-refractivity contribution >= 4 is 0 Å². The number of hydrogen-bond acceptors (Lipinski definition) is 3. The van der Waals surface area contributed by atoms with Crippen LogP contribution >= 0.6 is 0 Å². The average Bonchev–Trinajstić information content (AvgIpc) is 2.79. The van der Waals surface area contributed by atoms with Crippen LogP contribution in [0.15, 0.2) is 0 Å². The minimum atomic E-state index is 0.190. The van der Waals surface area contributed by atoms with Crippen molar-refractivity contribution in [3.63, 3.8) is 0 Å². The predicted molar refractivity (Wildman–Crippen MR) is 75.4 cm³/mol. The first-order valence-corrected chi connectivity index (χ1v) is 7.51. The topological polar surface area (TPSA) is 39.1 Å². The molecule has 0 aliphatic carbocycles. The van der Waals surface area contributed by atoms with Gasteiger partial charge in [0.2, 0.25) is 0 Å². The Labute approximate surface area is 115 Å². The zero-order chi connectivity index (χ0) is 13.5. The molecular formula is C15H25N3O. The first-order chi connectivity index (χ1) is 9.12. The van der Waals surface area contributed by atoms with Gasteiger partial charge in [0.25, 0.3) is 0 Å². The van der Waals surface area contributed by atoms with E-state index < -0.39 is 0 Å². The smallest absolute Gasteiger partial charge is 0.112 e. The zero-order valence-electron chi connectivity index (χ0n) is 12.3. The number of hydrogen-bond donors (Lipinski definition) is 1. The molecule has 0 radical (unpaired) electrons. The van der Waals surface area contributed by atoms with Gasteiger partial charge in [-0.1, -0.05) is 13.8 Å². The highest BCUT2D eigenvalue weighted by Gasteiger charge is 2.35. The summed E-state index contributed by atoms with van der Waals surface area (Å²) in [5.74, 6) is 1.74. The number of nitrogens with zero attached hydrogens (tertiary/aromatic N) is 2. The molecule has 106 valence electrons. The summed E-state index contributed by atoms with van der Waals surface area (Å²) >= 11 is 0. The van der Waals surface area contributed by atoms with E-state index in [4.69, 9.17) is 9.72 Å². The van der Waals surface area contributed by atoms with Gasteiger partial charge in [0.05, 0.1) is 5.69 Å². The van der Waals surface area contributed by atoms with Crippen molar-refractivity contribution in [2.75, 3.05) is 19.8 Å². The highest BCUT2D eigenvalue weighted by molar-refractivity contribution is 5.24. The van der Waals surface area contributed by atoms with Gasteiger partial charge in [0.15, 0.2) is 0 Å². The van der Waals surface area contributed by atoms with E-state index in [2.05, 4.69) is 30.7 Å². The van der Waals surface area contributed by atoms with Crippen molar-refractivity contribution in [1.82, 2.24) is 14.9 Å². The number of ether oxygens (including phenoxy) is 1. The number of imidazole rings is 1. The maximum absolute atomic E-state index is 5.56. The van der Waals surface area contributed by atoms with Crippen LogP contribution in [-0.2, 0) is 23.2 Å². The molecule has 1 N–H and O–H groups in total. The van der Waals surface area contributed by atoms with E-state index in [0.717, 1.165) is 45.6 Å². The molecule has 0 atom stereocenters. The highest BCUT2D eigenvalue weighted by Crippen LogP contribution is 2.35. The Balaban J connectivity index is 2.09. The second-order valence-corrected chi connectivity index (χ2v) is 6.39. The van der Waals surface area contributed by atoms with Gasteiger partial charge < -0.3 is 14.6 Å². The summed E-state index contributed by atoms with van der Waals surface area (Å²) in [6.45, 7) is 10.6. The quantitative estimate of drug-likeness (QED) is 0.889. The van der Waals surface area contributed by atoms with Crippen LogP contribution in [0.25, 0.3) is 0 Å². The molecule has 0 unspecified atom stereocenters. The van der Waals surface area contributed by atoms with Crippen molar-refractivity contribution < 1.29 is 4.74 Å². The molecule has 1 fully saturated rings. The van der Waals surface area contributed by atoms with Crippen LogP contribution in [0.5, 0.6) is 0 Å². The van der Waals surface area contributed by atoms with Crippen molar-refractivity contribution in [2.24, 2.45) is 0 Å². The molecule has 1 aromatic rings. The summed E-state index contributed by atoms with van der Waals surface area (Å²) in [4.78, 5) is 4.93. The average molecular weight is 263 g/mol. The third-order valence-electron chi connectivity index (χ3n) is 4.54. The Morgan fingerprint density at radius 1 is 1.32 bits per heavy atom. The lowest BCUT2D eigenvalue weighted by molar-refractivity contribution is 0.0267. The van der Waals surface area contributed by atoms with Crippen molar-refractivity contribution in [2.45, 2.75) is 58.0 Å². The second kappa shape index (κ2) is 4.91. The molecule has 2 aliphatic rings. The van der Waals surface area contributed by atoms with E-state index in [1.807, 2.05) is 0 Å². The van der Waals surface area contributed by atoms with Crippen molar-refractivity contribution in [3.8, 4) is 0 Å². The van der Waals surface area contributed by atoms with Crippen LogP contribution in [0.1, 0.15) is 56.7 Å². The van der Waals surface area contributed by atoms with Gasteiger partial charge >= 0.3 is 0 Å². The first kappa shape index (κ1) is 13.1. The first-order valence-electron chi connectivity index (χ1n) is 7.51. The molecule has 0 saturated carbocycles. The minimum absolute atomic E-state index is 0.190. The van der Waals surface area contributed by atoms with E-state index in [1.165, 1.54) is 17.2 Å². The Bertz CT molecular complexity index is 458. The molecular weight excluding hydrogens is 238 g/mol. The number of fused-ring (bicyclic) bond motifs is 1. The fourth-order valence-electron chi connectivity index (χ4n) is 3.36. The number of rotatable bonds is 2. The zero-order valence-corrected chi connectivity index (χ0v) is 12.3. The van der Waals surface area contributed by atoms with Gasteiger partial charge in [-0.15, -0.1) is 0 Å². The maximum atomic E-state index is 5.56. The lowest BCUT2D eigenvalue weighted by Gasteiger charge is -2.38. The monoisotopic (exact) mass is 263 g/mol. The van der Waals surface area contributed by atoms with Crippen LogP contribution < -0.4 is 5.32 Å². The van der Waals surface area contributed by atoms with Crippen LogP contribution in [0.3, 0.4) is 0 Å². The lowest BCUT2D eigenvalue weighted by Crippen LogP contribution is -2.40. The molecule has 2 aliphatic heterocycles. The summed E-state index contributed by atoms with van der Waals surface area (Å²) in [7, 11) is 0. The van der Waals surface area contributed by atoms with E-state index in [0.29, 0.717) is 5.92 Å². The van der Waals surface area contributed by atoms with Crippen LogP contribution in [-0.4, -0.2) is 29.3 Å². The summed E-state index contributed by atoms with van der Waals surface area (Å²) in [6.07, 6.45) is 3.30. The number of aromatic nitrogens is 2. The minimum Gasteiger partial charge on any atom is -0.381 e. The molecule has 19 heavy (non-hydrogen) atoms. The highest BCUT2D eigenvalue weighted by atomic mass is 16.5. The SMILES string of the molecule is CC(C)c1nc2c(n1C1(C)CCOCC1)CCNC2. The third kappa shape index (κ3) is 2.21. The summed E-state index contributed by atoms with van der Waals surface area (Å²) in [5, 5.41) is 3.44. The molecule has 0 spiro atoms. The van der Waals surface area contributed by atoms with Crippen molar-refractivity contribution in [3.05, 3.63) is 17.2 Å². The summed E-state index contributed by atoms with van der Waals surface area (Å²) in [6, 6.07) is 0. The Hall–Kier alpha value is -0.870. The van der Waals surface area contributed by atoms with E-state index in [9.17, 15) is 0 Å². The van der Waals surface area contributed by atoms with Gasteiger partial charge in [-0.25, -0.2) is 4.98 Å². The molecule has 0 aromatic carbocycles. The molecule has 1 aromatic heterocycles. The number of nitrogens with one attached hydrogen (secondary N) is 1. The Kier molecular flexibility index (Phi) is 3.39. The van der Waals surface area contributed by atoms with Gasteiger partial charge in [0, 0.05) is 49.9 Å². The fourth-order valence-corrected chi connectivity index (χ4v) is 3.36. The third-order valence-corrected chi connectivity index (χ3v) is 4.54. The molecule has 0 bridgehead atoms. The van der Waals surface area contributed by atoms with Gasteiger partial charge in [-0.3, -0.25) is 0 Å². The fraction of sp³-hybridized carbons (Fsp3) is 0.800. The van der Waals surface area contributed by atoms with Crippen LogP contribution in [0.4, 0.5) is 0 Å². The molecule has 4 heteroatoms. The molecule has 0 amide bonds. The van der Waals surface area contributed by atoms with E-state index in [-0.39, 0.29) is 5.54 Å². The molecule has 1 saturated heterocycles. The van der Waals surface area contributed by atoms with Crippen molar-refractivity contribution in [1.29, 1.82) is 0 Å². The van der Waals surface area contributed by atoms with Gasteiger partial charge in [0.1, 0.15) is 5.82 Å². The van der Waals surface area contributed by atoms with Crippen LogP contribution in [0.2, 0.25) is 0 Å². The molecule has 3 rings (SSSR count). The molecule has 4 nitrogen and oxygen atoms in total. The Morgan fingerprint density at radius 2 is 2.05 bits per heavy atom. The van der Waals surface area contributed by atoms with E-state index in [1.54, 1.807) is 0 Å². The largest absolute Gasteiger partial charge is 0.381 e. The van der Waals surface area contributed by atoms with Gasteiger partial charge in [-0.05, 0) is 19.8 Å². The maximum Gasteiger partial charge on any atom is 0.112 e. The normalized spacial score (nSPS) is 22.5. The molecule has 3 heterocycles. The van der Waals surface area contributed by atoms with E-state index >= 15 is 0 Å².